The second-order valence-corrected chi connectivity index (χ2v) is 4.56. The Morgan fingerprint density at radius 2 is 2.41 bits per heavy atom. The first kappa shape index (κ1) is 12.3. The van der Waals surface area contributed by atoms with Crippen molar-refractivity contribution in [3.05, 3.63) is 18.1 Å². The summed E-state index contributed by atoms with van der Waals surface area (Å²) in [5.74, 6) is 1.00. The van der Waals surface area contributed by atoms with Crippen LogP contribution in [0.2, 0.25) is 0 Å². The summed E-state index contributed by atoms with van der Waals surface area (Å²) < 4.78 is 10.6. The Morgan fingerprint density at radius 3 is 3.06 bits per heavy atom. The molecule has 5 nitrogen and oxygen atoms in total. The largest absolute Gasteiger partial charge is 0.481 e. The molecule has 0 radical (unpaired) electrons. The standard InChI is InChI=1S/C12H19N3O2/c1-8-3-9(6-17-8)11(13)4-10-5-12(16-2)15-7-14-10/h5,7-9,11H,3-4,6,13H2,1-2H3. The Kier molecular flexibility index (Phi) is 3.91. The summed E-state index contributed by atoms with van der Waals surface area (Å²) in [6, 6.07) is 1.92. The molecule has 17 heavy (non-hydrogen) atoms. The molecule has 3 atom stereocenters. The van der Waals surface area contributed by atoms with Crippen LogP contribution >= 0.6 is 0 Å². The molecule has 0 bridgehead atoms. The predicted molar refractivity (Wildman–Crippen MR) is 63.8 cm³/mol. The maximum Gasteiger partial charge on any atom is 0.216 e. The highest BCUT2D eigenvalue weighted by molar-refractivity contribution is 5.14. The molecular formula is C12H19N3O2. The Balaban J connectivity index is 1.95. The molecule has 1 aromatic heterocycles. The van der Waals surface area contributed by atoms with Crippen molar-refractivity contribution in [1.29, 1.82) is 0 Å². The number of nitrogens with two attached hydrogens (primary N) is 1. The first-order valence-corrected chi connectivity index (χ1v) is 5.91. The summed E-state index contributed by atoms with van der Waals surface area (Å²) in [5, 5.41) is 0. The van der Waals surface area contributed by atoms with Crippen LogP contribution in [0.3, 0.4) is 0 Å². The van der Waals surface area contributed by atoms with Gasteiger partial charge in [-0.1, -0.05) is 0 Å². The van der Waals surface area contributed by atoms with Gasteiger partial charge in [0.2, 0.25) is 5.88 Å². The quantitative estimate of drug-likeness (QED) is 0.838. The molecule has 1 saturated heterocycles. The molecule has 94 valence electrons. The van der Waals surface area contributed by atoms with Crippen LogP contribution in [0.4, 0.5) is 0 Å². The van der Waals surface area contributed by atoms with Crippen LogP contribution in [0.25, 0.3) is 0 Å². The van der Waals surface area contributed by atoms with Gasteiger partial charge < -0.3 is 15.2 Å². The third-order valence-electron chi connectivity index (χ3n) is 3.19. The number of hydrogen-bond donors (Lipinski definition) is 1. The lowest BCUT2D eigenvalue weighted by molar-refractivity contribution is 0.118. The average Bonchev–Trinajstić information content (AvgIpc) is 2.76. The molecule has 0 saturated carbocycles. The van der Waals surface area contributed by atoms with Crippen molar-refractivity contribution in [3.63, 3.8) is 0 Å². The van der Waals surface area contributed by atoms with E-state index < -0.39 is 0 Å². The third kappa shape index (κ3) is 3.14. The molecule has 1 aliphatic rings. The summed E-state index contributed by atoms with van der Waals surface area (Å²) in [6.07, 6.45) is 3.60. The van der Waals surface area contributed by atoms with Gasteiger partial charge in [0.25, 0.3) is 0 Å². The smallest absolute Gasteiger partial charge is 0.216 e. The van der Waals surface area contributed by atoms with Crippen LogP contribution in [0.15, 0.2) is 12.4 Å². The number of nitrogens with zero attached hydrogens (tertiary/aromatic N) is 2. The summed E-state index contributed by atoms with van der Waals surface area (Å²) >= 11 is 0. The maximum absolute atomic E-state index is 6.18. The van der Waals surface area contributed by atoms with Gasteiger partial charge in [-0.15, -0.1) is 0 Å². The molecule has 1 aliphatic heterocycles. The van der Waals surface area contributed by atoms with Crippen molar-refractivity contribution >= 4 is 0 Å². The zero-order chi connectivity index (χ0) is 12.3. The molecule has 0 spiro atoms. The third-order valence-corrected chi connectivity index (χ3v) is 3.19. The van der Waals surface area contributed by atoms with Crippen molar-refractivity contribution < 1.29 is 9.47 Å². The van der Waals surface area contributed by atoms with Crippen LogP contribution < -0.4 is 10.5 Å². The second-order valence-electron chi connectivity index (χ2n) is 4.56. The van der Waals surface area contributed by atoms with Crippen LogP contribution in [0.1, 0.15) is 19.0 Å². The number of ether oxygens (including phenoxy) is 2. The molecular weight excluding hydrogens is 218 g/mol. The van der Waals surface area contributed by atoms with E-state index in [0.717, 1.165) is 25.1 Å². The van der Waals surface area contributed by atoms with Crippen molar-refractivity contribution in [2.45, 2.75) is 31.9 Å². The van der Waals surface area contributed by atoms with E-state index in [-0.39, 0.29) is 6.04 Å². The van der Waals surface area contributed by atoms with E-state index in [1.807, 2.05) is 6.07 Å². The summed E-state index contributed by atoms with van der Waals surface area (Å²) in [6.45, 7) is 2.84. The lowest BCUT2D eigenvalue weighted by atomic mass is 9.94. The van der Waals surface area contributed by atoms with Crippen LogP contribution in [-0.2, 0) is 11.2 Å². The molecule has 2 N–H and O–H groups in total. The number of aromatic nitrogens is 2. The van der Waals surface area contributed by atoms with E-state index >= 15 is 0 Å². The summed E-state index contributed by atoms with van der Waals surface area (Å²) in [4.78, 5) is 8.18. The predicted octanol–water partition coefficient (Wildman–Crippen LogP) is 0.780. The molecule has 3 unspecified atom stereocenters. The molecule has 2 rings (SSSR count). The fraction of sp³-hybridized carbons (Fsp3) is 0.667. The first-order chi connectivity index (χ1) is 8.19. The highest BCUT2D eigenvalue weighted by atomic mass is 16.5. The van der Waals surface area contributed by atoms with Crippen molar-refractivity contribution in [1.82, 2.24) is 9.97 Å². The lowest BCUT2D eigenvalue weighted by Gasteiger charge is -2.17. The summed E-state index contributed by atoms with van der Waals surface area (Å²) in [5.41, 5.74) is 7.10. The minimum atomic E-state index is 0.0829. The van der Waals surface area contributed by atoms with Gasteiger partial charge in [-0.3, -0.25) is 0 Å². The van der Waals surface area contributed by atoms with Gasteiger partial charge in [0.15, 0.2) is 0 Å². The maximum atomic E-state index is 6.18. The van der Waals surface area contributed by atoms with Crippen LogP contribution in [0.5, 0.6) is 5.88 Å². The van der Waals surface area contributed by atoms with Gasteiger partial charge in [0.05, 0.1) is 19.8 Å². The highest BCUT2D eigenvalue weighted by Gasteiger charge is 2.27. The van der Waals surface area contributed by atoms with E-state index in [2.05, 4.69) is 16.9 Å². The zero-order valence-electron chi connectivity index (χ0n) is 10.3. The average molecular weight is 237 g/mol. The normalized spacial score (nSPS) is 25.8. The number of hydrogen-bond acceptors (Lipinski definition) is 5. The zero-order valence-corrected chi connectivity index (χ0v) is 10.3. The van der Waals surface area contributed by atoms with Gasteiger partial charge in [-0.25, -0.2) is 9.97 Å². The Morgan fingerprint density at radius 1 is 1.59 bits per heavy atom. The fourth-order valence-corrected chi connectivity index (χ4v) is 2.16. The van der Waals surface area contributed by atoms with Gasteiger partial charge in [-0.05, 0) is 13.3 Å². The minimum absolute atomic E-state index is 0.0829. The summed E-state index contributed by atoms with van der Waals surface area (Å²) in [7, 11) is 1.60. The van der Waals surface area contributed by atoms with E-state index in [4.69, 9.17) is 15.2 Å². The van der Waals surface area contributed by atoms with Crippen molar-refractivity contribution in [3.8, 4) is 5.88 Å². The second kappa shape index (κ2) is 5.42. The molecule has 2 heterocycles. The SMILES string of the molecule is COc1cc(CC(N)C2COC(C)C2)ncn1. The lowest BCUT2D eigenvalue weighted by Crippen LogP contribution is -2.33. The van der Waals surface area contributed by atoms with Crippen molar-refractivity contribution in [2.24, 2.45) is 11.7 Å². The van der Waals surface area contributed by atoms with Crippen LogP contribution in [-0.4, -0.2) is 35.8 Å². The van der Waals surface area contributed by atoms with Gasteiger partial charge in [-0.2, -0.15) is 0 Å². The van der Waals surface area contributed by atoms with Crippen LogP contribution in [0, 0.1) is 5.92 Å². The van der Waals surface area contributed by atoms with E-state index in [1.54, 1.807) is 7.11 Å². The first-order valence-electron chi connectivity index (χ1n) is 5.91. The molecule has 0 amide bonds. The van der Waals surface area contributed by atoms with Crippen molar-refractivity contribution in [2.75, 3.05) is 13.7 Å². The van der Waals surface area contributed by atoms with E-state index in [1.165, 1.54) is 6.33 Å². The van der Waals surface area contributed by atoms with E-state index in [0.29, 0.717) is 17.9 Å². The van der Waals surface area contributed by atoms with Gasteiger partial charge in [0.1, 0.15) is 6.33 Å². The molecule has 0 aromatic carbocycles. The van der Waals surface area contributed by atoms with Gasteiger partial charge >= 0.3 is 0 Å². The Bertz CT molecular complexity index is 373. The Hall–Kier alpha value is -1.20. The van der Waals surface area contributed by atoms with Gasteiger partial charge in [0, 0.05) is 30.1 Å². The fourth-order valence-electron chi connectivity index (χ4n) is 2.16. The number of rotatable bonds is 4. The topological polar surface area (TPSA) is 70.3 Å². The highest BCUT2D eigenvalue weighted by Crippen LogP contribution is 2.23. The molecule has 1 fully saturated rings. The monoisotopic (exact) mass is 237 g/mol. The minimum Gasteiger partial charge on any atom is -0.481 e. The Labute approximate surface area is 101 Å². The molecule has 5 heteroatoms. The molecule has 1 aromatic rings. The number of methoxy groups -OCH3 is 1. The van der Waals surface area contributed by atoms with E-state index in [9.17, 15) is 0 Å². The molecule has 0 aliphatic carbocycles.